The number of aromatic nitrogens is 3. The molecule has 2 aromatic rings. The standard InChI is InChI=1S/C14H20N4S2/c1-10(15)13(11-6-8-19-9-11)20-14-17-16-12-5-3-2-4-7-18(12)14/h6,8-10,13H,2-5,7,15H2,1H3. The molecule has 0 aromatic carbocycles. The van der Waals surface area contributed by atoms with Crippen molar-refractivity contribution in [3.05, 3.63) is 28.2 Å². The quantitative estimate of drug-likeness (QED) is 0.881. The highest BCUT2D eigenvalue weighted by Gasteiger charge is 2.23. The van der Waals surface area contributed by atoms with Gasteiger partial charge in [-0.05, 0) is 42.2 Å². The van der Waals surface area contributed by atoms with Crippen LogP contribution in [-0.2, 0) is 13.0 Å². The fourth-order valence-corrected chi connectivity index (χ4v) is 4.49. The highest BCUT2D eigenvalue weighted by Crippen LogP contribution is 2.37. The summed E-state index contributed by atoms with van der Waals surface area (Å²) in [4.78, 5) is 0. The van der Waals surface area contributed by atoms with Crippen molar-refractivity contribution in [3.8, 4) is 0 Å². The Bertz CT molecular complexity index is 548. The lowest BCUT2D eigenvalue weighted by molar-refractivity contribution is 0.588. The molecule has 0 spiro atoms. The maximum Gasteiger partial charge on any atom is 0.191 e. The maximum absolute atomic E-state index is 6.18. The van der Waals surface area contributed by atoms with E-state index in [1.165, 1.54) is 24.8 Å². The number of nitrogens with two attached hydrogens (primary N) is 1. The van der Waals surface area contributed by atoms with E-state index in [9.17, 15) is 0 Å². The van der Waals surface area contributed by atoms with Crippen LogP contribution in [0.1, 0.15) is 42.8 Å². The van der Waals surface area contributed by atoms with E-state index in [0.29, 0.717) is 0 Å². The number of aryl methyl sites for hydroxylation is 1. The Morgan fingerprint density at radius 3 is 3.00 bits per heavy atom. The van der Waals surface area contributed by atoms with Crippen molar-refractivity contribution in [2.45, 2.75) is 55.6 Å². The molecule has 0 amide bonds. The number of fused-ring (bicyclic) bond motifs is 1. The summed E-state index contributed by atoms with van der Waals surface area (Å²) < 4.78 is 2.29. The highest BCUT2D eigenvalue weighted by atomic mass is 32.2. The van der Waals surface area contributed by atoms with Crippen molar-refractivity contribution in [3.63, 3.8) is 0 Å². The third-order valence-electron chi connectivity index (χ3n) is 3.66. The average molecular weight is 308 g/mol. The van der Waals surface area contributed by atoms with E-state index >= 15 is 0 Å². The molecule has 3 rings (SSSR count). The summed E-state index contributed by atoms with van der Waals surface area (Å²) in [6, 6.07) is 2.25. The summed E-state index contributed by atoms with van der Waals surface area (Å²) in [5.74, 6) is 1.14. The lowest BCUT2D eigenvalue weighted by atomic mass is 10.1. The van der Waals surface area contributed by atoms with Gasteiger partial charge >= 0.3 is 0 Å². The van der Waals surface area contributed by atoms with Crippen LogP contribution in [0.4, 0.5) is 0 Å². The smallest absolute Gasteiger partial charge is 0.191 e. The first kappa shape index (κ1) is 14.1. The topological polar surface area (TPSA) is 56.7 Å². The van der Waals surface area contributed by atoms with Gasteiger partial charge < -0.3 is 10.3 Å². The molecular weight excluding hydrogens is 288 g/mol. The second-order valence-electron chi connectivity index (χ2n) is 5.32. The van der Waals surface area contributed by atoms with E-state index in [-0.39, 0.29) is 11.3 Å². The second kappa shape index (κ2) is 6.28. The van der Waals surface area contributed by atoms with Crippen molar-refractivity contribution < 1.29 is 0 Å². The number of thiophene rings is 1. The Morgan fingerprint density at radius 1 is 1.35 bits per heavy atom. The summed E-state index contributed by atoms with van der Waals surface area (Å²) >= 11 is 3.47. The molecule has 20 heavy (non-hydrogen) atoms. The Kier molecular flexibility index (Phi) is 4.43. The molecule has 2 aromatic heterocycles. The van der Waals surface area contributed by atoms with Crippen molar-refractivity contribution in [2.24, 2.45) is 5.73 Å². The summed E-state index contributed by atoms with van der Waals surface area (Å²) in [6.07, 6.45) is 4.79. The minimum atomic E-state index is 0.0910. The zero-order valence-corrected chi connectivity index (χ0v) is 13.3. The second-order valence-corrected chi connectivity index (χ2v) is 7.20. The third-order valence-corrected chi connectivity index (χ3v) is 5.83. The van der Waals surface area contributed by atoms with Gasteiger partial charge in [0.15, 0.2) is 5.16 Å². The van der Waals surface area contributed by atoms with Crippen LogP contribution in [0.2, 0.25) is 0 Å². The van der Waals surface area contributed by atoms with Gasteiger partial charge in [0.2, 0.25) is 0 Å². The van der Waals surface area contributed by atoms with E-state index in [2.05, 4.69) is 38.5 Å². The largest absolute Gasteiger partial charge is 0.327 e. The zero-order chi connectivity index (χ0) is 13.9. The molecule has 3 heterocycles. The zero-order valence-electron chi connectivity index (χ0n) is 11.7. The molecule has 0 aliphatic carbocycles. The van der Waals surface area contributed by atoms with Crippen LogP contribution >= 0.6 is 23.1 Å². The Balaban J connectivity index is 1.84. The van der Waals surface area contributed by atoms with E-state index in [1.807, 2.05) is 0 Å². The number of rotatable bonds is 4. The molecule has 0 saturated carbocycles. The third kappa shape index (κ3) is 2.92. The van der Waals surface area contributed by atoms with Crippen LogP contribution in [0, 0.1) is 0 Å². The molecule has 2 N–H and O–H groups in total. The van der Waals surface area contributed by atoms with Gasteiger partial charge in [-0.25, -0.2) is 0 Å². The van der Waals surface area contributed by atoms with Gasteiger partial charge in [-0.1, -0.05) is 18.2 Å². The first-order valence-electron chi connectivity index (χ1n) is 7.12. The number of thioether (sulfide) groups is 1. The molecule has 6 heteroatoms. The molecule has 0 bridgehead atoms. The maximum atomic E-state index is 6.18. The van der Waals surface area contributed by atoms with Crippen LogP contribution in [0.3, 0.4) is 0 Å². The minimum absolute atomic E-state index is 0.0910. The van der Waals surface area contributed by atoms with Crippen LogP contribution < -0.4 is 5.73 Å². The number of nitrogens with zero attached hydrogens (tertiary/aromatic N) is 3. The predicted octanol–water partition coefficient (Wildman–Crippen LogP) is 3.25. The first-order chi connectivity index (χ1) is 9.75. The fraction of sp³-hybridized carbons (Fsp3) is 0.571. The van der Waals surface area contributed by atoms with Crippen LogP contribution in [-0.4, -0.2) is 20.8 Å². The lowest BCUT2D eigenvalue weighted by Gasteiger charge is -2.19. The summed E-state index contributed by atoms with van der Waals surface area (Å²) in [5, 5.41) is 14.3. The SMILES string of the molecule is CC(N)C(Sc1nnc2n1CCCCC2)c1ccsc1. The molecule has 2 unspecified atom stereocenters. The minimum Gasteiger partial charge on any atom is -0.327 e. The monoisotopic (exact) mass is 308 g/mol. The fourth-order valence-electron chi connectivity index (χ4n) is 2.57. The molecule has 0 radical (unpaired) electrons. The molecule has 0 saturated heterocycles. The van der Waals surface area contributed by atoms with Crippen LogP contribution in [0.25, 0.3) is 0 Å². The Hall–Kier alpha value is -0.850. The van der Waals surface area contributed by atoms with Crippen molar-refractivity contribution in [2.75, 3.05) is 0 Å². The van der Waals surface area contributed by atoms with Crippen molar-refractivity contribution in [1.29, 1.82) is 0 Å². The van der Waals surface area contributed by atoms with Gasteiger partial charge in [0.1, 0.15) is 5.82 Å². The lowest BCUT2D eigenvalue weighted by Crippen LogP contribution is -2.22. The Morgan fingerprint density at radius 2 is 2.25 bits per heavy atom. The molecule has 2 atom stereocenters. The first-order valence-corrected chi connectivity index (χ1v) is 8.94. The molecular formula is C14H20N4S2. The average Bonchev–Trinajstić information content (AvgIpc) is 3.01. The summed E-state index contributed by atoms with van der Waals surface area (Å²) in [7, 11) is 0. The highest BCUT2D eigenvalue weighted by molar-refractivity contribution is 7.99. The number of hydrogen-bond donors (Lipinski definition) is 1. The van der Waals surface area contributed by atoms with Crippen molar-refractivity contribution >= 4 is 23.1 Å². The molecule has 0 fully saturated rings. The van der Waals surface area contributed by atoms with Gasteiger partial charge in [-0.2, -0.15) is 11.3 Å². The van der Waals surface area contributed by atoms with E-state index in [4.69, 9.17) is 5.73 Å². The summed E-state index contributed by atoms with van der Waals surface area (Å²) in [5.41, 5.74) is 7.47. The van der Waals surface area contributed by atoms with Crippen molar-refractivity contribution in [1.82, 2.24) is 14.8 Å². The van der Waals surface area contributed by atoms with E-state index in [0.717, 1.165) is 23.9 Å². The molecule has 4 nitrogen and oxygen atoms in total. The van der Waals surface area contributed by atoms with E-state index < -0.39 is 0 Å². The summed E-state index contributed by atoms with van der Waals surface area (Å²) in [6.45, 7) is 3.11. The van der Waals surface area contributed by atoms with Gasteiger partial charge in [-0.3, -0.25) is 0 Å². The van der Waals surface area contributed by atoms with Gasteiger partial charge in [0.25, 0.3) is 0 Å². The molecule has 1 aliphatic rings. The number of hydrogen-bond acceptors (Lipinski definition) is 5. The molecule has 108 valence electrons. The normalized spacial score (nSPS) is 18.3. The van der Waals surface area contributed by atoms with Gasteiger partial charge in [0, 0.05) is 19.0 Å². The van der Waals surface area contributed by atoms with Crippen LogP contribution in [0.15, 0.2) is 22.0 Å². The predicted molar refractivity (Wildman–Crippen MR) is 84.1 cm³/mol. The van der Waals surface area contributed by atoms with Gasteiger partial charge in [0.05, 0.1) is 5.25 Å². The molecule has 1 aliphatic heterocycles. The van der Waals surface area contributed by atoms with Gasteiger partial charge in [-0.15, -0.1) is 10.2 Å². The van der Waals surface area contributed by atoms with Crippen LogP contribution in [0.5, 0.6) is 0 Å². The van der Waals surface area contributed by atoms with E-state index in [1.54, 1.807) is 23.1 Å². The Labute approximate surface area is 127 Å².